The molecule has 0 amide bonds. The molecule has 2 rings (SSSR count). The zero-order valence-electron chi connectivity index (χ0n) is 14.0. The van der Waals surface area contributed by atoms with E-state index in [1.807, 2.05) is 0 Å². The van der Waals surface area contributed by atoms with Gasteiger partial charge < -0.3 is 14.2 Å². The van der Waals surface area contributed by atoms with Crippen LogP contribution in [0.25, 0.3) is 6.08 Å². The molecule has 0 N–H and O–H groups in total. The van der Waals surface area contributed by atoms with Gasteiger partial charge in [-0.3, -0.25) is 14.9 Å². The number of ketones is 1. The number of ether oxygens (including phenoxy) is 3. The van der Waals surface area contributed by atoms with Gasteiger partial charge in [0.05, 0.1) is 32.3 Å². The molecule has 7 nitrogen and oxygen atoms in total. The first kappa shape index (κ1) is 18.0. The van der Waals surface area contributed by atoms with Crippen LogP contribution in [0, 0.1) is 10.1 Å². The van der Waals surface area contributed by atoms with Crippen LogP contribution < -0.4 is 14.2 Å². The highest BCUT2D eigenvalue weighted by Gasteiger charge is 2.23. The zero-order valence-corrected chi connectivity index (χ0v) is 14.0. The van der Waals surface area contributed by atoms with Crippen molar-refractivity contribution in [3.05, 3.63) is 63.7 Å². The summed E-state index contributed by atoms with van der Waals surface area (Å²) in [7, 11) is 4.32. The van der Waals surface area contributed by atoms with Gasteiger partial charge in [0, 0.05) is 6.07 Å². The van der Waals surface area contributed by atoms with Gasteiger partial charge in [0.1, 0.15) is 11.3 Å². The Morgan fingerprint density at radius 3 is 2.12 bits per heavy atom. The molecule has 0 bridgehead atoms. The van der Waals surface area contributed by atoms with Crippen LogP contribution in [-0.4, -0.2) is 32.0 Å². The van der Waals surface area contributed by atoms with Crippen molar-refractivity contribution in [3.8, 4) is 17.2 Å². The van der Waals surface area contributed by atoms with Gasteiger partial charge in [0.15, 0.2) is 17.3 Å². The number of nitro groups is 1. The Bertz CT molecular complexity index is 811. The number of allylic oxidation sites excluding steroid dienone is 1. The average molecular weight is 343 g/mol. The van der Waals surface area contributed by atoms with Crippen molar-refractivity contribution in [1.29, 1.82) is 0 Å². The van der Waals surface area contributed by atoms with Gasteiger partial charge in [-0.15, -0.1) is 0 Å². The molecule has 0 atom stereocenters. The van der Waals surface area contributed by atoms with Gasteiger partial charge in [-0.2, -0.15) is 0 Å². The number of nitrogens with zero attached hydrogens (tertiary/aromatic N) is 1. The minimum absolute atomic E-state index is 0.0765. The van der Waals surface area contributed by atoms with Crippen LogP contribution in [0.4, 0.5) is 5.69 Å². The lowest BCUT2D eigenvalue weighted by atomic mass is 10.1. The molecule has 0 fully saturated rings. The number of nitro benzene ring substituents is 1. The van der Waals surface area contributed by atoms with Crippen molar-refractivity contribution in [2.75, 3.05) is 21.3 Å². The lowest BCUT2D eigenvalue weighted by Gasteiger charge is -2.09. The fourth-order valence-electron chi connectivity index (χ4n) is 2.19. The monoisotopic (exact) mass is 343 g/mol. The number of carbonyl (C=O) groups excluding carboxylic acids is 1. The van der Waals surface area contributed by atoms with Crippen LogP contribution >= 0.6 is 0 Å². The van der Waals surface area contributed by atoms with Gasteiger partial charge in [-0.25, -0.2) is 0 Å². The number of methoxy groups -OCH3 is 3. The smallest absolute Gasteiger partial charge is 0.284 e. The molecule has 0 aliphatic carbocycles. The van der Waals surface area contributed by atoms with Crippen molar-refractivity contribution in [3.63, 3.8) is 0 Å². The van der Waals surface area contributed by atoms with Crippen LogP contribution in [0.15, 0.2) is 42.5 Å². The van der Waals surface area contributed by atoms with E-state index in [1.165, 1.54) is 32.4 Å². The van der Waals surface area contributed by atoms with Crippen LogP contribution in [-0.2, 0) is 0 Å². The molecule has 0 spiro atoms. The summed E-state index contributed by atoms with van der Waals surface area (Å²) in [6.45, 7) is 0. The summed E-state index contributed by atoms with van der Waals surface area (Å²) in [6, 6.07) is 9.52. The Morgan fingerprint density at radius 2 is 1.60 bits per heavy atom. The van der Waals surface area contributed by atoms with E-state index in [1.54, 1.807) is 37.5 Å². The Morgan fingerprint density at radius 1 is 1.00 bits per heavy atom. The topological polar surface area (TPSA) is 87.9 Å². The van der Waals surface area contributed by atoms with E-state index in [2.05, 4.69) is 0 Å². The first-order valence-electron chi connectivity index (χ1n) is 7.27. The molecule has 2 aromatic carbocycles. The predicted octanol–water partition coefficient (Wildman–Crippen LogP) is 3.52. The van der Waals surface area contributed by atoms with Gasteiger partial charge in [-0.05, 0) is 23.8 Å². The fourth-order valence-corrected chi connectivity index (χ4v) is 2.19. The molecule has 130 valence electrons. The lowest BCUT2D eigenvalue weighted by Crippen LogP contribution is -2.03. The summed E-state index contributed by atoms with van der Waals surface area (Å²) < 4.78 is 15.2. The van der Waals surface area contributed by atoms with Crippen LogP contribution in [0.2, 0.25) is 0 Å². The van der Waals surface area contributed by atoms with Gasteiger partial charge in [0.25, 0.3) is 5.69 Å². The van der Waals surface area contributed by atoms with Crippen molar-refractivity contribution in [2.45, 2.75) is 0 Å². The second-order valence-electron chi connectivity index (χ2n) is 4.95. The Balaban J connectivity index is 2.36. The van der Waals surface area contributed by atoms with Crippen molar-refractivity contribution < 1.29 is 23.9 Å². The highest BCUT2D eigenvalue weighted by atomic mass is 16.6. The van der Waals surface area contributed by atoms with E-state index in [4.69, 9.17) is 14.2 Å². The van der Waals surface area contributed by atoms with E-state index >= 15 is 0 Å². The summed E-state index contributed by atoms with van der Waals surface area (Å²) in [5, 5.41) is 11.3. The second kappa shape index (κ2) is 7.96. The minimum Gasteiger partial charge on any atom is -0.497 e. The Labute approximate surface area is 144 Å². The molecule has 0 heterocycles. The van der Waals surface area contributed by atoms with Crippen molar-refractivity contribution >= 4 is 17.5 Å². The number of carbonyl (C=O) groups is 1. The van der Waals surface area contributed by atoms with E-state index in [-0.39, 0.29) is 22.7 Å². The molecule has 0 aliphatic heterocycles. The summed E-state index contributed by atoms with van der Waals surface area (Å²) >= 11 is 0. The summed E-state index contributed by atoms with van der Waals surface area (Å²) in [6.07, 6.45) is 2.85. The highest BCUT2D eigenvalue weighted by molar-refractivity contribution is 6.10. The summed E-state index contributed by atoms with van der Waals surface area (Å²) in [5.74, 6) is 0.613. The molecule has 0 saturated heterocycles. The molecule has 7 heteroatoms. The maximum Gasteiger partial charge on any atom is 0.284 e. The SMILES string of the molecule is COc1ccc(C=CC(=O)c2cc(OC)c(OC)cc2[N+](=O)[O-])cc1. The Kier molecular flexibility index (Phi) is 5.73. The number of rotatable bonds is 7. The first-order valence-corrected chi connectivity index (χ1v) is 7.27. The van der Waals surface area contributed by atoms with E-state index in [9.17, 15) is 14.9 Å². The van der Waals surface area contributed by atoms with Crippen LogP contribution in [0.3, 0.4) is 0 Å². The van der Waals surface area contributed by atoms with E-state index < -0.39 is 10.7 Å². The summed E-state index contributed by atoms with van der Waals surface area (Å²) in [4.78, 5) is 23.1. The fraction of sp³-hybridized carbons (Fsp3) is 0.167. The molecule has 25 heavy (non-hydrogen) atoms. The molecule has 0 unspecified atom stereocenters. The largest absolute Gasteiger partial charge is 0.497 e. The second-order valence-corrected chi connectivity index (χ2v) is 4.95. The standard InChI is InChI=1S/C18H17NO6/c1-23-13-7-4-12(5-8-13)6-9-16(20)14-10-17(24-2)18(25-3)11-15(14)19(21)22/h4-11H,1-3H3. The Hall–Kier alpha value is -3.35. The quantitative estimate of drug-likeness (QED) is 0.331. The molecule has 0 radical (unpaired) electrons. The van der Waals surface area contributed by atoms with E-state index in [0.717, 1.165) is 5.56 Å². The maximum atomic E-state index is 12.4. The molecular formula is C18H17NO6. The van der Waals surface area contributed by atoms with Gasteiger partial charge in [0.2, 0.25) is 0 Å². The van der Waals surface area contributed by atoms with Crippen molar-refractivity contribution in [1.82, 2.24) is 0 Å². The van der Waals surface area contributed by atoms with Crippen LogP contribution in [0.5, 0.6) is 17.2 Å². The minimum atomic E-state index is -0.629. The third kappa shape index (κ3) is 4.14. The zero-order chi connectivity index (χ0) is 18.4. The molecule has 0 saturated carbocycles. The number of hydrogen-bond acceptors (Lipinski definition) is 6. The third-order valence-corrected chi connectivity index (χ3v) is 3.51. The highest BCUT2D eigenvalue weighted by Crippen LogP contribution is 2.34. The average Bonchev–Trinajstić information content (AvgIpc) is 2.65. The van der Waals surface area contributed by atoms with Crippen LogP contribution in [0.1, 0.15) is 15.9 Å². The normalized spacial score (nSPS) is 10.5. The molecule has 0 aliphatic rings. The van der Waals surface area contributed by atoms with Gasteiger partial charge in [-0.1, -0.05) is 18.2 Å². The maximum absolute atomic E-state index is 12.4. The number of benzene rings is 2. The predicted molar refractivity (Wildman–Crippen MR) is 92.6 cm³/mol. The third-order valence-electron chi connectivity index (χ3n) is 3.51. The molecular weight excluding hydrogens is 326 g/mol. The van der Waals surface area contributed by atoms with E-state index in [0.29, 0.717) is 5.75 Å². The van der Waals surface area contributed by atoms with Crippen molar-refractivity contribution in [2.24, 2.45) is 0 Å². The molecule has 0 aromatic heterocycles. The number of hydrogen-bond donors (Lipinski definition) is 0. The summed E-state index contributed by atoms with van der Waals surface area (Å²) in [5.41, 5.74) is 0.340. The lowest BCUT2D eigenvalue weighted by molar-refractivity contribution is -0.385. The first-order chi connectivity index (χ1) is 12.0. The molecule has 2 aromatic rings. The van der Waals surface area contributed by atoms with Gasteiger partial charge >= 0.3 is 0 Å².